The van der Waals surface area contributed by atoms with Gasteiger partial charge in [-0.2, -0.15) is 0 Å². The number of nitrogens with zero attached hydrogens (tertiary/aromatic N) is 2. The summed E-state index contributed by atoms with van der Waals surface area (Å²) in [6, 6.07) is 6.83. The third-order valence-corrected chi connectivity index (χ3v) is 5.08. The average molecular weight is 396 g/mol. The first-order chi connectivity index (χ1) is 12.6. The first kappa shape index (κ1) is 20.1. The maximum absolute atomic E-state index is 12.1. The average Bonchev–Trinajstić information content (AvgIpc) is 3.08. The Bertz CT molecular complexity index is 738. The highest BCUT2D eigenvalue weighted by molar-refractivity contribution is 8.01. The molecule has 10 heteroatoms. The number of hydrogen-bond donors (Lipinski definition) is 3. The molecular formula is C16H21N5O3S2. The number of rotatable bonds is 10. The third kappa shape index (κ3) is 6.62. The molecule has 1 aromatic heterocycles. The second-order valence-electron chi connectivity index (χ2n) is 5.07. The summed E-state index contributed by atoms with van der Waals surface area (Å²) < 4.78 is 5.66. The molecule has 0 atom stereocenters. The minimum absolute atomic E-state index is 0.166. The molecule has 0 bridgehead atoms. The molecule has 2 aromatic rings. The summed E-state index contributed by atoms with van der Waals surface area (Å²) in [4.78, 5) is 23.9. The zero-order valence-corrected chi connectivity index (χ0v) is 16.2. The van der Waals surface area contributed by atoms with Crippen molar-refractivity contribution >= 4 is 45.7 Å². The Balaban J connectivity index is 1.82. The summed E-state index contributed by atoms with van der Waals surface area (Å²) in [7, 11) is 1.63. The summed E-state index contributed by atoms with van der Waals surface area (Å²) >= 11 is 2.69. The van der Waals surface area contributed by atoms with E-state index >= 15 is 0 Å². The van der Waals surface area contributed by atoms with Gasteiger partial charge in [0.15, 0.2) is 4.34 Å². The van der Waals surface area contributed by atoms with Gasteiger partial charge in [-0.15, -0.1) is 10.2 Å². The van der Waals surface area contributed by atoms with Gasteiger partial charge in [-0.1, -0.05) is 29.2 Å². The van der Waals surface area contributed by atoms with Crippen LogP contribution in [-0.4, -0.2) is 54.6 Å². The second-order valence-corrected chi connectivity index (χ2v) is 7.27. The Morgan fingerprint density at radius 3 is 2.92 bits per heavy atom. The van der Waals surface area contributed by atoms with Crippen molar-refractivity contribution < 1.29 is 14.3 Å². The van der Waals surface area contributed by atoms with Crippen LogP contribution in [0.3, 0.4) is 0 Å². The van der Waals surface area contributed by atoms with Gasteiger partial charge in [0.2, 0.25) is 11.0 Å². The number of anilines is 2. The van der Waals surface area contributed by atoms with E-state index in [4.69, 9.17) is 4.74 Å². The van der Waals surface area contributed by atoms with Gasteiger partial charge in [0.25, 0.3) is 5.91 Å². The monoisotopic (exact) mass is 395 g/mol. The summed E-state index contributed by atoms with van der Waals surface area (Å²) in [6.45, 7) is 3.64. The van der Waals surface area contributed by atoms with Crippen molar-refractivity contribution in [3.8, 4) is 0 Å². The van der Waals surface area contributed by atoms with Crippen molar-refractivity contribution in [3.05, 3.63) is 29.8 Å². The number of benzene rings is 1. The lowest BCUT2D eigenvalue weighted by Crippen LogP contribution is -2.23. The molecule has 140 valence electrons. The van der Waals surface area contributed by atoms with Crippen LogP contribution in [0.5, 0.6) is 0 Å². The van der Waals surface area contributed by atoms with E-state index in [9.17, 15) is 9.59 Å². The van der Waals surface area contributed by atoms with E-state index in [1.165, 1.54) is 23.1 Å². The molecule has 2 rings (SSSR count). The number of aromatic nitrogens is 2. The number of methoxy groups -OCH3 is 1. The van der Waals surface area contributed by atoms with Crippen LogP contribution in [0.4, 0.5) is 10.8 Å². The van der Waals surface area contributed by atoms with Crippen LogP contribution in [-0.2, 0) is 9.53 Å². The van der Waals surface area contributed by atoms with Gasteiger partial charge in [0.05, 0.1) is 12.4 Å². The van der Waals surface area contributed by atoms with E-state index in [1.807, 2.05) is 6.92 Å². The van der Waals surface area contributed by atoms with Crippen molar-refractivity contribution in [3.63, 3.8) is 0 Å². The first-order valence-electron chi connectivity index (χ1n) is 7.99. The molecule has 1 heterocycles. The predicted molar refractivity (Wildman–Crippen MR) is 104 cm³/mol. The van der Waals surface area contributed by atoms with Gasteiger partial charge in [-0.05, 0) is 25.1 Å². The molecule has 0 aliphatic rings. The van der Waals surface area contributed by atoms with Gasteiger partial charge in [-0.25, -0.2) is 0 Å². The van der Waals surface area contributed by atoms with Crippen molar-refractivity contribution in [1.82, 2.24) is 15.5 Å². The molecule has 0 radical (unpaired) electrons. The van der Waals surface area contributed by atoms with E-state index in [2.05, 4.69) is 26.1 Å². The zero-order chi connectivity index (χ0) is 18.8. The molecule has 8 nitrogen and oxygen atoms in total. The minimum Gasteiger partial charge on any atom is -0.383 e. The standard InChI is InChI=1S/C16H21N5O3S2/c1-3-17-14(23)11-5-4-6-12(9-11)19-13(22)10-25-16-21-20-15(26-16)18-7-8-24-2/h4-6,9H,3,7-8,10H2,1-2H3,(H,17,23)(H,18,20)(H,19,22). The molecule has 0 saturated heterocycles. The van der Waals surface area contributed by atoms with Crippen LogP contribution in [0.15, 0.2) is 28.6 Å². The number of amides is 2. The van der Waals surface area contributed by atoms with Crippen LogP contribution in [0, 0.1) is 0 Å². The Labute approximate surface area is 160 Å². The van der Waals surface area contributed by atoms with E-state index < -0.39 is 0 Å². The van der Waals surface area contributed by atoms with Crippen LogP contribution in [0.1, 0.15) is 17.3 Å². The third-order valence-electron chi connectivity index (χ3n) is 3.06. The fraction of sp³-hybridized carbons (Fsp3) is 0.375. The number of nitrogens with one attached hydrogen (secondary N) is 3. The molecule has 0 aliphatic carbocycles. The lowest BCUT2D eigenvalue weighted by Gasteiger charge is -2.07. The van der Waals surface area contributed by atoms with Gasteiger partial charge < -0.3 is 20.7 Å². The quantitative estimate of drug-likeness (QED) is 0.418. The summed E-state index contributed by atoms with van der Waals surface area (Å²) in [6.07, 6.45) is 0. The summed E-state index contributed by atoms with van der Waals surface area (Å²) in [5.74, 6) is -0.134. The lowest BCUT2D eigenvalue weighted by atomic mass is 10.2. The van der Waals surface area contributed by atoms with Crippen molar-refractivity contribution in [2.24, 2.45) is 0 Å². The van der Waals surface area contributed by atoms with Crippen LogP contribution < -0.4 is 16.0 Å². The number of hydrogen-bond acceptors (Lipinski definition) is 8. The molecule has 0 aliphatic heterocycles. The summed E-state index contributed by atoms with van der Waals surface area (Å²) in [5.41, 5.74) is 1.09. The van der Waals surface area contributed by atoms with E-state index in [1.54, 1.807) is 31.4 Å². The van der Waals surface area contributed by atoms with E-state index in [-0.39, 0.29) is 17.6 Å². The first-order valence-corrected chi connectivity index (χ1v) is 9.79. The highest BCUT2D eigenvalue weighted by Gasteiger charge is 2.10. The van der Waals surface area contributed by atoms with Crippen molar-refractivity contribution in [1.29, 1.82) is 0 Å². The molecule has 0 unspecified atom stereocenters. The Kier molecular flexibility index (Phi) is 8.32. The smallest absolute Gasteiger partial charge is 0.251 e. The highest BCUT2D eigenvalue weighted by Crippen LogP contribution is 2.25. The minimum atomic E-state index is -0.174. The van der Waals surface area contributed by atoms with E-state index in [0.29, 0.717) is 40.4 Å². The fourth-order valence-corrected chi connectivity index (χ4v) is 3.50. The van der Waals surface area contributed by atoms with Crippen molar-refractivity contribution in [2.75, 3.05) is 43.2 Å². The largest absolute Gasteiger partial charge is 0.383 e. The number of ether oxygens (including phenoxy) is 1. The molecule has 2 amide bonds. The normalized spacial score (nSPS) is 10.4. The zero-order valence-electron chi connectivity index (χ0n) is 14.6. The SMILES string of the molecule is CCNC(=O)c1cccc(NC(=O)CSc2nnc(NCCOC)s2)c1. The van der Waals surface area contributed by atoms with Crippen LogP contribution in [0.2, 0.25) is 0 Å². The van der Waals surface area contributed by atoms with E-state index in [0.717, 1.165) is 0 Å². The highest BCUT2D eigenvalue weighted by atomic mass is 32.2. The van der Waals surface area contributed by atoms with Crippen molar-refractivity contribution in [2.45, 2.75) is 11.3 Å². The van der Waals surface area contributed by atoms with Gasteiger partial charge in [0.1, 0.15) is 0 Å². The maximum atomic E-state index is 12.1. The lowest BCUT2D eigenvalue weighted by molar-refractivity contribution is -0.113. The topological polar surface area (TPSA) is 105 Å². The van der Waals surface area contributed by atoms with Gasteiger partial charge in [0, 0.05) is 31.5 Å². The molecule has 3 N–H and O–H groups in total. The van der Waals surface area contributed by atoms with Gasteiger partial charge in [-0.3, -0.25) is 9.59 Å². The predicted octanol–water partition coefficient (Wildman–Crippen LogP) is 2.08. The maximum Gasteiger partial charge on any atom is 0.251 e. The summed E-state index contributed by atoms with van der Waals surface area (Å²) in [5, 5.41) is 17.3. The molecule has 26 heavy (non-hydrogen) atoms. The second kappa shape index (κ2) is 10.7. The van der Waals surface area contributed by atoms with Crippen LogP contribution >= 0.6 is 23.1 Å². The molecule has 1 aromatic carbocycles. The number of carbonyl (C=O) groups excluding carboxylic acids is 2. The molecular weight excluding hydrogens is 374 g/mol. The number of carbonyl (C=O) groups is 2. The molecule has 0 spiro atoms. The number of thioether (sulfide) groups is 1. The Morgan fingerprint density at radius 1 is 1.31 bits per heavy atom. The van der Waals surface area contributed by atoms with Gasteiger partial charge >= 0.3 is 0 Å². The van der Waals surface area contributed by atoms with Crippen LogP contribution in [0.25, 0.3) is 0 Å². The fourth-order valence-electron chi connectivity index (χ4n) is 1.92. The Hall–Kier alpha value is -2.17. The molecule has 0 fully saturated rings. The molecule has 0 saturated carbocycles. The Morgan fingerprint density at radius 2 is 2.15 bits per heavy atom.